The lowest BCUT2D eigenvalue weighted by molar-refractivity contribution is -0.137. The minimum absolute atomic E-state index is 0.124. The quantitative estimate of drug-likeness (QED) is 0.391. The van der Waals surface area contributed by atoms with Crippen molar-refractivity contribution in [1.82, 2.24) is 10.2 Å². The fraction of sp³-hybridized carbons (Fsp3) is 0.207. The van der Waals surface area contributed by atoms with E-state index in [1.165, 1.54) is 35.2 Å². The number of nitrogens with zero attached hydrogens (tertiary/aromatic N) is 2. The number of hydrogen-bond donors (Lipinski definition) is 3. The van der Waals surface area contributed by atoms with Gasteiger partial charge < -0.3 is 16.8 Å². The first-order chi connectivity index (χ1) is 19.0. The van der Waals surface area contributed by atoms with Crippen LogP contribution in [0.3, 0.4) is 0 Å². The SMILES string of the molecule is CCN1C(=O)C(NC(=O)c2cccc(C(F)(F)F)c2)C(c2ccc(F)cc2)/C(=C(/N)CN)C1=Nc1ccccc1. The summed E-state index contributed by atoms with van der Waals surface area (Å²) in [5, 5.41) is 2.61. The summed E-state index contributed by atoms with van der Waals surface area (Å²) in [4.78, 5) is 33.2. The summed E-state index contributed by atoms with van der Waals surface area (Å²) in [6.07, 6.45) is -4.67. The van der Waals surface area contributed by atoms with Crippen molar-refractivity contribution in [1.29, 1.82) is 0 Å². The molecule has 2 atom stereocenters. The van der Waals surface area contributed by atoms with Crippen LogP contribution in [-0.4, -0.2) is 41.7 Å². The molecule has 7 nitrogen and oxygen atoms in total. The predicted octanol–water partition coefficient (Wildman–Crippen LogP) is 4.49. The van der Waals surface area contributed by atoms with Crippen LogP contribution in [-0.2, 0) is 11.0 Å². The molecule has 11 heteroatoms. The van der Waals surface area contributed by atoms with Gasteiger partial charge in [0.2, 0.25) is 0 Å². The molecule has 0 aliphatic carbocycles. The Hall–Kier alpha value is -4.51. The largest absolute Gasteiger partial charge is 0.416 e. The van der Waals surface area contributed by atoms with Gasteiger partial charge in [-0.1, -0.05) is 36.4 Å². The maximum Gasteiger partial charge on any atom is 0.416 e. The molecule has 208 valence electrons. The first-order valence-corrected chi connectivity index (χ1v) is 12.4. The van der Waals surface area contributed by atoms with Crippen LogP contribution in [0.2, 0.25) is 0 Å². The average molecular weight is 554 g/mol. The van der Waals surface area contributed by atoms with E-state index in [-0.39, 0.29) is 30.2 Å². The molecular weight excluding hydrogens is 526 g/mol. The lowest BCUT2D eigenvalue weighted by atomic mass is 9.78. The van der Waals surface area contributed by atoms with E-state index in [9.17, 15) is 27.2 Å². The number of aliphatic imine (C=N–C) groups is 1. The first-order valence-electron chi connectivity index (χ1n) is 12.4. The second-order valence-corrected chi connectivity index (χ2v) is 9.06. The van der Waals surface area contributed by atoms with Crippen LogP contribution in [0.25, 0.3) is 0 Å². The van der Waals surface area contributed by atoms with E-state index in [1.807, 2.05) is 0 Å². The summed E-state index contributed by atoms with van der Waals surface area (Å²) in [6.45, 7) is 1.72. The van der Waals surface area contributed by atoms with Gasteiger partial charge in [0.05, 0.1) is 11.3 Å². The highest BCUT2D eigenvalue weighted by atomic mass is 19.4. The fourth-order valence-electron chi connectivity index (χ4n) is 4.61. The second kappa shape index (κ2) is 11.7. The van der Waals surface area contributed by atoms with Gasteiger partial charge in [-0.05, 0) is 55.0 Å². The van der Waals surface area contributed by atoms with Crippen molar-refractivity contribution >= 4 is 23.3 Å². The van der Waals surface area contributed by atoms with Gasteiger partial charge in [-0.3, -0.25) is 14.5 Å². The zero-order valence-electron chi connectivity index (χ0n) is 21.5. The number of likely N-dealkylation sites (N-methyl/N-ethyl adjacent to an activating group) is 1. The molecule has 0 radical (unpaired) electrons. The molecule has 2 amide bonds. The van der Waals surface area contributed by atoms with E-state index >= 15 is 0 Å². The highest BCUT2D eigenvalue weighted by Gasteiger charge is 2.46. The smallest absolute Gasteiger partial charge is 0.401 e. The van der Waals surface area contributed by atoms with Crippen LogP contribution in [0.15, 0.2) is 95.1 Å². The number of rotatable bonds is 6. The number of benzene rings is 3. The molecule has 5 N–H and O–H groups in total. The molecule has 2 unspecified atom stereocenters. The van der Waals surface area contributed by atoms with E-state index in [4.69, 9.17) is 16.5 Å². The summed E-state index contributed by atoms with van der Waals surface area (Å²) in [5.41, 5.74) is 12.5. The number of alkyl halides is 3. The highest BCUT2D eigenvalue weighted by molar-refractivity contribution is 6.15. The van der Waals surface area contributed by atoms with Crippen molar-refractivity contribution in [3.8, 4) is 0 Å². The summed E-state index contributed by atoms with van der Waals surface area (Å²) >= 11 is 0. The lowest BCUT2D eigenvalue weighted by Gasteiger charge is -2.41. The zero-order valence-corrected chi connectivity index (χ0v) is 21.5. The number of amides is 2. The van der Waals surface area contributed by atoms with Crippen LogP contribution in [0, 0.1) is 5.82 Å². The molecule has 0 bridgehead atoms. The molecule has 0 saturated carbocycles. The van der Waals surface area contributed by atoms with Gasteiger partial charge in [0, 0.05) is 35.8 Å². The van der Waals surface area contributed by atoms with Gasteiger partial charge in [0.15, 0.2) is 0 Å². The van der Waals surface area contributed by atoms with E-state index in [0.717, 1.165) is 12.1 Å². The number of likely N-dealkylation sites (tertiary alicyclic amines) is 1. The summed E-state index contributed by atoms with van der Waals surface area (Å²) in [7, 11) is 0. The van der Waals surface area contributed by atoms with Crippen LogP contribution < -0.4 is 16.8 Å². The number of halogens is 4. The fourth-order valence-corrected chi connectivity index (χ4v) is 4.61. The van der Waals surface area contributed by atoms with Gasteiger partial charge in [-0.25, -0.2) is 9.38 Å². The number of para-hydroxylation sites is 1. The molecule has 0 spiro atoms. The van der Waals surface area contributed by atoms with Gasteiger partial charge >= 0.3 is 6.18 Å². The molecular formula is C29H27F4N5O2. The number of carbonyl (C=O) groups is 2. The molecule has 1 fully saturated rings. The van der Waals surface area contributed by atoms with E-state index < -0.39 is 41.3 Å². The summed E-state index contributed by atoms with van der Waals surface area (Å²) in [5.74, 6) is -2.76. The minimum atomic E-state index is -4.67. The second-order valence-electron chi connectivity index (χ2n) is 9.06. The van der Waals surface area contributed by atoms with Crippen LogP contribution in [0.5, 0.6) is 0 Å². The molecule has 1 aliphatic heterocycles. The van der Waals surface area contributed by atoms with Crippen LogP contribution in [0.4, 0.5) is 23.2 Å². The van der Waals surface area contributed by atoms with Crippen molar-refractivity contribution in [3.63, 3.8) is 0 Å². The molecule has 40 heavy (non-hydrogen) atoms. The Morgan fingerprint density at radius 3 is 2.30 bits per heavy atom. The van der Waals surface area contributed by atoms with Gasteiger partial charge in [0.25, 0.3) is 11.8 Å². The lowest BCUT2D eigenvalue weighted by Crippen LogP contribution is -2.59. The van der Waals surface area contributed by atoms with Crippen molar-refractivity contribution in [2.24, 2.45) is 16.5 Å². The third-order valence-electron chi connectivity index (χ3n) is 6.51. The minimum Gasteiger partial charge on any atom is -0.401 e. The predicted molar refractivity (Wildman–Crippen MR) is 143 cm³/mol. The Morgan fingerprint density at radius 2 is 1.70 bits per heavy atom. The third kappa shape index (κ3) is 5.89. The van der Waals surface area contributed by atoms with Crippen molar-refractivity contribution in [3.05, 3.63) is 113 Å². The molecule has 4 rings (SSSR count). The first kappa shape index (κ1) is 28.5. The molecule has 0 aromatic heterocycles. The van der Waals surface area contributed by atoms with Crippen LogP contribution in [0.1, 0.15) is 34.3 Å². The Kier molecular flexibility index (Phi) is 8.34. The maximum absolute atomic E-state index is 13.9. The van der Waals surface area contributed by atoms with Gasteiger partial charge in [-0.2, -0.15) is 13.2 Å². The number of piperidine rings is 1. The zero-order chi connectivity index (χ0) is 29.0. The Morgan fingerprint density at radius 1 is 1.02 bits per heavy atom. The highest BCUT2D eigenvalue weighted by Crippen LogP contribution is 2.38. The van der Waals surface area contributed by atoms with E-state index in [1.54, 1.807) is 37.3 Å². The number of nitrogens with two attached hydrogens (primary N) is 2. The standard InChI is InChI=1S/C29H27F4N5O2/c1-2-38-26(36-21-9-4-3-5-10-21)24(22(35)16-34)23(17-11-13-20(30)14-12-17)25(28(38)40)37-27(39)18-7-6-8-19(15-18)29(31,32)33/h3-15,23,25H,2,16,34-35H2,1H3,(H,37,39)/b24-22-,36-26?. The molecule has 3 aromatic carbocycles. The van der Waals surface area contributed by atoms with Crippen LogP contribution >= 0.6 is 0 Å². The third-order valence-corrected chi connectivity index (χ3v) is 6.51. The normalized spacial score (nSPS) is 20.0. The summed E-state index contributed by atoms with van der Waals surface area (Å²) < 4.78 is 53.8. The van der Waals surface area contributed by atoms with Crippen molar-refractivity contribution in [2.75, 3.05) is 13.1 Å². The Bertz CT molecular complexity index is 1450. The molecule has 1 saturated heterocycles. The van der Waals surface area contributed by atoms with E-state index in [2.05, 4.69) is 5.32 Å². The van der Waals surface area contributed by atoms with Gasteiger partial charge in [0.1, 0.15) is 17.7 Å². The monoisotopic (exact) mass is 553 g/mol. The maximum atomic E-state index is 13.9. The number of hydrogen-bond acceptors (Lipinski definition) is 5. The summed E-state index contributed by atoms with van der Waals surface area (Å²) in [6, 6.07) is 16.7. The topological polar surface area (TPSA) is 114 Å². The molecule has 1 aliphatic rings. The Balaban J connectivity index is 1.88. The number of nitrogens with one attached hydrogen (secondary N) is 1. The van der Waals surface area contributed by atoms with Gasteiger partial charge in [-0.15, -0.1) is 0 Å². The molecule has 3 aromatic rings. The Labute approximate surface area is 228 Å². The average Bonchev–Trinajstić information content (AvgIpc) is 2.94. The van der Waals surface area contributed by atoms with E-state index in [0.29, 0.717) is 22.9 Å². The number of carbonyl (C=O) groups excluding carboxylic acids is 2. The number of amidine groups is 1. The van der Waals surface area contributed by atoms with Crippen molar-refractivity contribution < 1.29 is 27.2 Å². The van der Waals surface area contributed by atoms with Crippen molar-refractivity contribution in [2.45, 2.75) is 25.1 Å². The molecule has 1 heterocycles.